The van der Waals surface area contributed by atoms with E-state index in [-0.39, 0.29) is 6.10 Å². The molecule has 1 heteroatoms. The molecule has 0 radical (unpaired) electrons. The normalized spacial score (nSPS) is 44.0. The first-order chi connectivity index (χ1) is 13.7. The highest BCUT2D eigenvalue weighted by atomic mass is 16.3. The Morgan fingerprint density at radius 1 is 0.931 bits per heavy atom. The van der Waals surface area contributed by atoms with Crippen LogP contribution in [0.5, 0.6) is 0 Å². The van der Waals surface area contributed by atoms with Crippen LogP contribution in [0, 0.1) is 46.3 Å². The topological polar surface area (TPSA) is 20.2 Å². The summed E-state index contributed by atoms with van der Waals surface area (Å²) in [4.78, 5) is 0. The zero-order chi connectivity index (χ0) is 21.0. The van der Waals surface area contributed by atoms with Gasteiger partial charge in [-0.15, -0.1) is 0 Å². The fourth-order valence-electron chi connectivity index (χ4n) is 7.59. The van der Waals surface area contributed by atoms with Crippen molar-refractivity contribution in [2.75, 3.05) is 0 Å². The summed E-state index contributed by atoms with van der Waals surface area (Å²) >= 11 is 0. The number of hydrogen-bond donors (Lipinski definition) is 1. The van der Waals surface area contributed by atoms with Gasteiger partial charge in [0.25, 0.3) is 0 Å². The summed E-state index contributed by atoms with van der Waals surface area (Å²) in [5.74, 6) is 4.38. The van der Waals surface area contributed by atoms with Gasteiger partial charge < -0.3 is 5.11 Å². The molecule has 3 saturated carbocycles. The standard InChI is InChI=1S/C28H44O/c1-18(2)19(3)7-8-20(4)24-11-12-25-23-10-9-21-17-22(29)13-15-27(21,5)26(23)14-16-28(24,25)6/h7-10,18-20,22,24-26,29H,11-17H2,1-6H3/t19?,20-,22+,24-,25+,26?,27+,28-/m1/s1. The molecule has 0 aromatic heterocycles. The van der Waals surface area contributed by atoms with Crippen LogP contribution in [0.4, 0.5) is 0 Å². The van der Waals surface area contributed by atoms with Crippen LogP contribution in [0.25, 0.3) is 0 Å². The molecule has 4 rings (SSSR count). The summed E-state index contributed by atoms with van der Waals surface area (Å²) in [7, 11) is 0. The Bertz CT molecular complexity index is 712. The third-order valence-electron chi connectivity index (χ3n) is 10.0. The number of aliphatic hydroxyl groups excluding tert-OH is 1. The Kier molecular flexibility index (Phi) is 5.69. The van der Waals surface area contributed by atoms with Gasteiger partial charge in [-0.05, 0) is 91.3 Å². The van der Waals surface area contributed by atoms with Crippen LogP contribution in [-0.2, 0) is 0 Å². The van der Waals surface area contributed by atoms with Gasteiger partial charge >= 0.3 is 0 Å². The SMILES string of the molecule is CC(C)C(C)C=C[C@@H](C)[C@H]1CC[C@H]2C3=CC=C4C[C@@H](O)CC[C@]4(C)C3CC[C@]12C. The Labute approximate surface area is 179 Å². The molecular weight excluding hydrogens is 352 g/mol. The molecule has 0 aliphatic heterocycles. The number of rotatable bonds is 4. The van der Waals surface area contributed by atoms with Crippen LogP contribution >= 0.6 is 0 Å². The molecule has 4 aliphatic carbocycles. The zero-order valence-corrected chi connectivity index (χ0v) is 19.7. The first-order valence-electron chi connectivity index (χ1n) is 12.4. The second kappa shape index (κ2) is 7.70. The van der Waals surface area contributed by atoms with E-state index >= 15 is 0 Å². The predicted molar refractivity (Wildman–Crippen MR) is 123 cm³/mol. The first kappa shape index (κ1) is 21.4. The largest absolute Gasteiger partial charge is 0.393 e. The van der Waals surface area contributed by atoms with Crippen molar-refractivity contribution in [1.29, 1.82) is 0 Å². The minimum atomic E-state index is -0.116. The lowest BCUT2D eigenvalue weighted by Crippen LogP contribution is -2.46. The fraction of sp³-hybridized carbons (Fsp3) is 0.786. The lowest BCUT2D eigenvalue weighted by Gasteiger charge is -2.55. The monoisotopic (exact) mass is 396 g/mol. The maximum atomic E-state index is 10.2. The molecular formula is C28H44O. The van der Waals surface area contributed by atoms with E-state index in [4.69, 9.17) is 0 Å². The summed E-state index contributed by atoms with van der Waals surface area (Å²) in [5.41, 5.74) is 4.07. The Balaban J connectivity index is 1.57. The molecule has 162 valence electrons. The molecule has 0 heterocycles. The molecule has 0 saturated heterocycles. The fourth-order valence-corrected chi connectivity index (χ4v) is 7.59. The van der Waals surface area contributed by atoms with Gasteiger partial charge in [0.2, 0.25) is 0 Å². The van der Waals surface area contributed by atoms with E-state index in [0.29, 0.717) is 22.7 Å². The second-order valence-electron chi connectivity index (χ2n) is 11.9. The molecule has 0 spiro atoms. The lowest BCUT2D eigenvalue weighted by atomic mass is 9.50. The van der Waals surface area contributed by atoms with Crippen molar-refractivity contribution in [3.8, 4) is 0 Å². The first-order valence-corrected chi connectivity index (χ1v) is 12.4. The summed E-state index contributed by atoms with van der Waals surface area (Å²) in [6.45, 7) is 14.6. The van der Waals surface area contributed by atoms with Gasteiger partial charge in [0.1, 0.15) is 0 Å². The average molecular weight is 397 g/mol. The van der Waals surface area contributed by atoms with E-state index in [2.05, 4.69) is 65.8 Å². The minimum absolute atomic E-state index is 0.116. The Hall–Kier alpha value is -0.820. The van der Waals surface area contributed by atoms with E-state index in [1.807, 2.05) is 0 Å². The van der Waals surface area contributed by atoms with Gasteiger partial charge in [0.15, 0.2) is 0 Å². The van der Waals surface area contributed by atoms with E-state index in [1.165, 1.54) is 37.7 Å². The van der Waals surface area contributed by atoms with Gasteiger partial charge in [0, 0.05) is 0 Å². The van der Waals surface area contributed by atoms with Crippen LogP contribution in [0.15, 0.2) is 35.5 Å². The highest BCUT2D eigenvalue weighted by Crippen LogP contribution is 2.65. The maximum Gasteiger partial charge on any atom is 0.0578 e. The van der Waals surface area contributed by atoms with Gasteiger partial charge in [-0.3, -0.25) is 0 Å². The van der Waals surface area contributed by atoms with Gasteiger partial charge in [-0.1, -0.05) is 77.0 Å². The van der Waals surface area contributed by atoms with Crippen molar-refractivity contribution in [3.63, 3.8) is 0 Å². The van der Waals surface area contributed by atoms with E-state index < -0.39 is 0 Å². The Morgan fingerprint density at radius 2 is 1.69 bits per heavy atom. The quantitative estimate of drug-likeness (QED) is 0.493. The molecule has 0 aromatic carbocycles. The molecule has 0 bridgehead atoms. The minimum Gasteiger partial charge on any atom is -0.393 e. The number of aliphatic hydroxyl groups is 1. The summed E-state index contributed by atoms with van der Waals surface area (Å²) in [5, 5.41) is 10.2. The smallest absolute Gasteiger partial charge is 0.0578 e. The second-order valence-corrected chi connectivity index (χ2v) is 11.9. The van der Waals surface area contributed by atoms with Crippen molar-refractivity contribution in [3.05, 3.63) is 35.5 Å². The van der Waals surface area contributed by atoms with Crippen LogP contribution in [0.3, 0.4) is 0 Å². The van der Waals surface area contributed by atoms with Crippen LogP contribution in [0.1, 0.15) is 86.5 Å². The summed E-state index contributed by atoms with van der Waals surface area (Å²) in [6.07, 6.45) is 18.4. The number of hydrogen-bond acceptors (Lipinski definition) is 1. The molecule has 0 amide bonds. The van der Waals surface area contributed by atoms with Crippen LogP contribution < -0.4 is 0 Å². The van der Waals surface area contributed by atoms with E-state index in [0.717, 1.165) is 36.5 Å². The molecule has 4 aliphatic rings. The number of allylic oxidation sites excluding steroid dienone is 5. The van der Waals surface area contributed by atoms with Gasteiger partial charge in [-0.25, -0.2) is 0 Å². The molecule has 1 nitrogen and oxygen atoms in total. The zero-order valence-electron chi connectivity index (χ0n) is 19.7. The van der Waals surface area contributed by atoms with Crippen LogP contribution in [-0.4, -0.2) is 11.2 Å². The van der Waals surface area contributed by atoms with Crippen molar-refractivity contribution in [2.45, 2.75) is 92.6 Å². The van der Waals surface area contributed by atoms with Crippen molar-refractivity contribution < 1.29 is 5.11 Å². The Morgan fingerprint density at radius 3 is 2.41 bits per heavy atom. The maximum absolute atomic E-state index is 10.2. The summed E-state index contributed by atoms with van der Waals surface area (Å²) in [6, 6.07) is 0. The van der Waals surface area contributed by atoms with E-state index in [1.54, 1.807) is 5.57 Å². The molecule has 8 atom stereocenters. The third kappa shape index (κ3) is 3.50. The average Bonchev–Trinajstić information content (AvgIpc) is 3.03. The summed E-state index contributed by atoms with van der Waals surface area (Å²) < 4.78 is 0. The number of fused-ring (bicyclic) bond motifs is 5. The molecule has 3 fully saturated rings. The van der Waals surface area contributed by atoms with Crippen molar-refractivity contribution in [1.82, 2.24) is 0 Å². The lowest BCUT2D eigenvalue weighted by molar-refractivity contribution is 0.0382. The molecule has 1 N–H and O–H groups in total. The molecule has 29 heavy (non-hydrogen) atoms. The van der Waals surface area contributed by atoms with E-state index in [9.17, 15) is 5.11 Å². The van der Waals surface area contributed by atoms with Crippen molar-refractivity contribution >= 4 is 0 Å². The third-order valence-corrected chi connectivity index (χ3v) is 10.0. The van der Waals surface area contributed by atoms with Crippen LogP contribution in [0.2, 0.25) is 0 Å². The van der Waals surface area contributed by atoms with Crippen molar-refractivity contribution in [2.24, 2.45) is 46.3 Å². The highest BCUT2D eigenvalue weighted by molar-refractivity contribution is 5.39. The highest BCUT2D eigenvalue weighted by Gasteiger charge is 2.56. The van der Waals surface area contributed by atoms with Gasteiger partial charge in [-0.2, -0.15) is 0 Å². The predicted octanol–water partition coefficient (Wildman–Crippen LogP) is 7.33. The van der Waals surface area contributed by atoms with Gasteiger partial charge in [0.05, 0.1) is 6.10 Å². The molecule has 0 aromatic rings. The molecule has 2 unspecified atom stereocenters.